The van der Waals surface area contributed by atoms with Crippen LogP contribution in [0.4, 0.5) is 0 Å². The van der Waals surface area contributed by atoms with Crippen LogP contribution in [-0.4, -0.2) is 40.7 Å². The zero-order valence-corrected chi connectivity index (χ0v) is 15.6. The van der Waals surface area contributed by atoms with E-state index in [4.69, 9.17) is 9.47 Å². The molecule has 0 aromatic heterocycles. The molecule has 0 rings (SSSR count). The molecule has 0 radical (unpaired) electrons. The van der Waals surface area contributed by atoms with Gasteiger partial charge in [0.05, 0.1) is 15.9 Å². The molecule has 0 spiro atoms. The zero-order valence-electron chi connectivity index (χ0n) is 13.9. The lowest BCUT2D eigenvalue weighted by Crippen LogP contribution is -2.18. The summed E-state index contributed by atoms with van der Waals surface area (Å²) in [6.45, 7) is 12.4. The normalized spacial score (nSPS) is 11.8. The molecule has 0 aliphatic heterocycles. The Morgan fingerprint density at radius 1 is 0.857 bits per heavy atom. The van der Waals surface area contributed by atoms with Crippen LogP contribution in [0.5, 0.6) is 0 Å². The van der Waals surface area contributed by atoms with Crippen molar-refractivity contribution in [1.82, 2.24) is 0 Å². The Hall–Kier alpha value is -0.360. The van der Waals surface area contributed by atoms with E-state index in [2.05, 4.69) is 13.8 Å². The van der Waals surface area contributed by atoms with Gasteiger partial charge in [0.15, 0.2) is 0 Å². The van der Waals surface area contributed by atoms with Gasteiger partial charge in [0, 0.05) is 11.5 Å². The fourth-order valence-electron chi connectivity index (χ4n) is 1.23. The van der Waals surface area contributed by atoms with E-state index < -0.39 is 0 Å². The number of carbonyl (C=O) groups excluding carboxylic acids is 2. The van der Waals surface area contributed by atoms with Crippen molar-refractivity contribution in [2.75, 3.05) is 24.7 Å². The lowest BCUT2D eigenvalue weighted by Gasteiger charge is -2.23. The summed E-state index contributed by atoms with van der Waals surface area (Å²) in [6, 6.07) is 0. The summed E-state index contributed by atoms with van der Waals surface area (Å²) >= 11 is 3.49. The summed E-state index contributed by atoms with van der Waals surface area (Å²) in [5, 5.41) is 0. The third-order valence-corrected chi connectivity index (χ3v) is 5.34. The number of esters is 2. The molecule has 4 nitrogen and oxygen atoms in total. The SMILES string of the molecule is CC(C)C(=O)OCCSC(C)(C)SCCOC(=O)C(C)C. The highest BCUT2D eigenvalue weighted by molar-refractivity contribution is 8.18. The second-order valence-corrected chi connectivity index (χ2v) is 9.43. The van der Waals surface area contributed by atoms with Crippen molar-refractivity contribution in [2.24, 2.45) is 11.8 Å². The highest BCUT2D eigenvalue weighted by Gasteiger charge is 2.19. The molecular formula is C15H28O4S2. The molecule has 0 bridgehead atoms. The summed E-state index contributed by atoms with van der Waals surface area (Å²) in [7, 11) is 0. The fraction of sp³-hybridized carbons (Fsp3) is 0.867. The Bertz CT molecular complexity index is 298. The molecule has 0 saturated heterocycles. The van der Waals surface area contributed by atoms with Crippen molar-refractivity contribution in [2.45, 2.75) is 45.6 Å². The van der Waals surface area contributed by atoms with Gasteiger partial charge in [0.25, 0.3) is 0 Å². The lowest BCUT2D eigenvalue weighted by atomic mass is 10.2. The molecule has 124 valence electrons. The molecular weight excluding hydrogens is 308 g/mol. The molecule has 0 unspecified atom stereocenters. The number of thioether (sulfide) groups is 2. The second-order valence-electron chi connectivity index (χ2n) is 5.74. The largest absolute Gasteiger partial charge is 0.465 e. The maximum absolute atomic E-state index is 11.3. The van der Waals surface area contributed by atoms with Gasteiger partial charge in [0.1, 0.15) is 13.2 Å². The molecule has 0 saturated carbocycles. The summed E-state index contributed by atoms with van der Waals surface area (Å²) < 4.78 is 10.3. The molecule has 0 aromatic rings. The van der Waals surface area contributed by atoms with Gasteiger partial charge < -0.3 is 9.47 Å². The number of hydrogen-bond acceptors (Lipinski definition) is 6. The van der Waals surface area contributed by atoms with E-state index in [0.717, 1.165) is 11.5 Å². The number of rotatable bonds is 10. The fourth-order valence-corrected chi connectivity index (χ4v) is 3.38. The molecule has 0 aromatic carbocycles. The molecule has 0 amide bonds. The third-order valence-electron chi connectivity index (χ3n) is 2.50. The first-order valence-electron chi connectivity index (χ1n) is 7.27. The van der Waals surface area contributed by atoms with E-state index in [1.807, 2.05) is 27.7 Å². The lowest BCUT2D eigenvalue weighted by molar-refractivity contribution is -0.147. The van der Waals surface area contributed by atoms with Gasteiger partial charge in [-0.2, -0.15) is 0 Å². The van der Waals surface area contributed by atoms with Crippen LogP contribution in [0.1, 0.15) is 41.5 Å². The van der Waals surface area contributed by atoms with Crippen LogP contribution >= 0.6 is 23.5 Å². The third kappa shape index (κ3) is 10.9. The van der Waals surface area contributed by atoms with Crippen molar-refractivity contribution >= 4 is 35.5 Å². The maximum Gasteiger partial charge on any atom is 0.308 e. The first-order chi connectivity index (χ1) is 9.65. The topological polar surface area (TPSA) is 52.6 Å². The molecule has 0 aliphatic rings. The van der Waals surface area contributed by atoms with Crippen molar-refractivity contribution < 1.29 is 19.1 Å². The van der Waals surface area contributed by atoms with Gasteiger partial charge in [-0.05, 0) is 13.8 Å². The minimum Gasteiger partial charge on any atom is -0.465 e. The van der Waals surface area contributed by atoms with E-state index >= 15 is 0 Å². The van der Waals surface area contributed by atoms with E-state index in [0.29, 0.717) is 13.2 Å². The van der Waals surface area contributed by atoms with E-state index in [1.165, 1.54) is 0 Å². The van der Waals surface area contributed by atoms with Crippen molar-refractivity contribution in [3.8, 4) is 0 Å². The van der Waals surface area contributed by atoms with Gasteiger partial charge in [0.2, 0.25) is 0 Å². The first kappa shape index (κ1) is 20.6. The predicted octanol–water partition coefficient (Wildman–Crippen LogP) is 3.59. The van der Waals surface area contributed by atoms with Crippen LogP contribution in [0.3, 0.4) is 0 Å². The number of carbonyl (C=O) groups is 2. The van der Waals surface area contributed by atoms with Crippen molar-refractivity contribution in [1.29, 1.82) is 0 Å². The van der Waals surface area contributed by atoms with Gasteiger partial charge in [-0.3, -0.25) is 9.59 Å². The predicted molar refractivity (Wildman–Crippen MR) is 90.6 cm³/mol. The first-order valence-corrected chi connectivity index (χ1v) is 9.24. The van der Waals surface area contributed by atoms with Crippen LogP contribution in [0.2, 0.25) is 0 Å². The summed E-state index contributed by atoms with van der Waals surface area (Å²) in [6.07, 6.45) is 0. The summed E-state index contributed by atoms with van der Waals surface area (Å²) in [4.78, 5) is 22.6. The maximum atomic E-state index is 11.3. The van der Waals surface area contributed by atoms with Crippen LogP contribution in [0, 0.1) is 11.8 Å². The van der Waals surface area contributed by atoms with Gasteiger partial charge in [-0.15, -0.1) is 23.5 Å². The molecule has 0 heterocycles. The minimum atomic E-state index is -0.151. The Morgan fingerprint density at radius 3 is 1.48 bits per heavy atom. The van der Waals surface area contributed by atoms with Crippen LogP contribution < -0.4 is 0 Å². The highest BCUT2D eigenvalue weighted by Crippen LogP contribution is 2.35. The Labute approximate surface area is 137 Å². The van der Waals surface area contributed by atoms with Crippen molar-refractivity contribution in [3.63, 3.8) is 0 Å². The molecule has 21 heavy (non-hydrogen) atoms. The monoisotopic (exact) mass is 336 g/mol. The molecule has 0 aliphatic carbocycles. The van der Waals surface area contributed by atoms with E-state index in [9.17, 15) is 9.59 Å². The van der Waals surface area contributed by atoms with Crippen LogP contribution in [0.25, 0.3) is 0 Å². The van der Waals surface area contributed by atoms with Gasteiger partial charge >= 0.3 is 11.9 Å². The standard InChI is InChI=1S/C15H28O4S2/c1-11(2)13(16)18-7-9-20-15(5,6)21-10-8-19-14(17)12(3)4/h11-12H,7-10H2,1-6H3. The Balaban J connectivity index is 3.74. The minimum absolute atomic E-state index is 0.00841. The molecule has 6 heteroatoms. The summed E-state index contributed by atoms with van der Waals surface area (Å²) in [5.74, 6) is 1.08. The average molecular weight is 337 g/mol. The Morgan fingerprint density at radius 2 is 1.19 bits per heavy atom. The van der Waals surface area contributed by atoms with Crippen molar-refractivity contribution in [3.05, 3.63) is 0 Å². The number of hydrogen-bond donors (Lipinski definition) is 0. The highest BCUT2D eigenvalue weighted by atomic mass is 32.2. The smallest absolute Gasteiger partial charge is 0.308 e. The molecule has 0 atom stereocenters. The van der Waals surface area contributed by atoms with Crippen LogP contribution in [0.15, 0.2) is 0 Å². The average Bonchev–Trinajstić information content (AvgIpc) is 2.38. The summed E-state index contributed by atoms with van der Waals surface area (Å²) in [5.41, 5.74) is 0. The van der Waals surface area contributed by atoms with E-state index in [1.54, 1.807) is 23.5 Å². The van der Waals surface area contributed by atoms with E-state index in [-0.39, 0.29) is 27.9 Å². The van der Waals surface area contributed by atoms with Gasteiger partial charge in [-0.1, -0.05) is 27.7 Å². The van der Waals surface area contributed by atoms with Crippen LogP contribution in [-0.2, 0) is 19.1 Å². The molecule has 0 N–H and O–H groups in total. The van der Waals surface area contributed by atoms with Gasteiger partial charge in [-0.25, -0.2) is 0 Å². The second kappa shape index (κ2) is 10.4. The zero-order chi connectivity index (χ0) is 16.5. The molecule has 0 fully saturated rings. The number of ether oxygens (including phenoxy) is 2. The quantitative estimate of drug-likeness (QED) is 0.345. The Kier molecular flexibility index (Phi) is 10.2.